The van der Waals surface area contributed by atoms with E-state index >= 15 is 0 Å². The first-order valence-corrected chi connectivity index (χ1v) is 6.59. The number of rotatable bonds is 4. The maximum Gasteiger partial charge on any atom is 0.330 e. The first-order chi connectivity index (χ1) is 9.86. The second-order valence-electron chi connectivity index (χ2n) is 4.27. The van der Waals surface area contributed by atoms with Crippen LogP contribution >= 0.6 is 15.9 Å². The van der Waals surface area contributed by atoms with Crippen LogP contribution in [-0.4, -0.2) is 44.4 Å². The van der Waals surface area contributed by atoms with E-state index in [-0.39, 0.29) is 4.47 Å². The largest absolute Gasteiger partial charge is 0.466 e. The molecule has 1 aromatic rings. The highest BCUT2D eigenvalue weighted by Gasteiger charge is 2.48. The Morgan fingerprint density at radius 3 is 2.81 bits per heavy atom. The molecular weight excluding hydrogens is 355 g/mol. The fraction of sp³-hybridized carbons (Fsp3) is 0.455. The van der Waals surface area contributed by atoms with Gasteiger partial charge < -0.3 is 19.7 Å². The van der Waals surface area contributed by atoms with E-state index in [1.165, 1.54) is 0 Å². The molecule has 10 heteroatoms. The van der Waals surface area contributed by atoms with E-state index in [0.717, 1.165) is 17.0 Å². The van der Waals surface area contributed by atoms with Crippen molar-refractivity contribution in [2.24, 2.45) is 0 Å². The van der Waals surface area contributed by atoms with Crippen molar-refractivity contribution in [3.63, 3.8) is 0 Å². The van der Waals surface area contributed by atoms with Crippen molar-refractivity contribution >= 4 is 15.9 Å². The summed E-state index contributed by atoms with van der Waals surface area (Å²) in [5.41, 5.74) is -1.54. The molecule has 2 heterocycles. The molecule has 8 nitrogen and oxygen atoms in total. The lowest BCUT2D eigenvalue weighted by molar-refractivity contribution is -0.135. The number of halogens is 2. The molecule has 5 atom stereocenters. The highest BCUT2D eigenvalue weighted by Crippen LogP contribution is 2.31. The van der Waals surface area contributed by atoms with Crippen molar-refractivity contribution in [1.82, 2.24) is 9.55 Å². The van der Waals surface area contributed by atoms with Crippen LogP contribution in [0.3, 0.4) is 0 Å². The molecule has 21 heavy (non-hydrogen) atoms. The number of alkyl halides is 1. The maximum atomic E-state index is 13.6. The third-order valence-electron chi connectivity index (χ3n) is 2.96. The predicted octanol–water partition coefficient (Wildman–Crippen LogP) is -0.626. The molecule has 0 aliphatic carbocycles. The summed E-state index contributed by atoms with van der Waals surface area (Å²) < 4.78 is 24.0. The van der Waals surface area contributed by atoms with Crippen molar-refractivity contribution in [3.8, 4) is 0 Å². The molecule has 1 aliphatic rings. The lowest BCUT2D eigenvalue weighted by atomic mass is 10.1. The molecule has 2 rings (SSSR count). The second kappa shape index (κ2) is 6.10. The molecule has 0 aromatic carbocycles. The highest BCUT2D eigenvalue weighted by atomic mass is 79.9. The van der Waals surface area contributed by atoms with Gasteiger partial charge in [-0.05, 0) is 15.9 Å². The van der Waals surface area contributed by atoms with Gasteiger partial charge in [0.05, 0.1) is 10.7 Å². The Kier molecular flexibility index (Phi) is 4.61. The van der Waals surface area contributed by atoms with Gasteiger partial charge >= 0.3 is 5.69 Å². The molecule has 0 bridgehead atoms. The minimum atomic E-state index is -2.07. The van der Waals surface area contributed by atoms with Crippen molar-refractivity contribution in [3.05, 3.63) is 44.3 Å². The summed E-state index contributed by atoms with van der Waals surface area (Å²) in [5.74, 6) is 0. The molecule has 1 unspecified atom stereocenters. The molecule has 1 aromatic heterocycles. The van der Waals surface area contributed by atoms with Crippen molar-refractivity contribution in [2.45, 2.75) is 30.9 Å². The summed E-state index contributed by atoms with van der Waals surface area (Å²) in [6, 6.07) is 0. The zero-order valence-electron chi connectivity index (χ0n) is 10.5. The number of ether oxygens (including phenoxy) is 2. The van der Waals surface area contributed by atoms with Gasteiger partial charge in [0.15, 0.2) is 12.3 Å². The van der Waals surface area contributed by atoms with Crippen molar-refractivity contribution in [2.75, 3.05) is 0 Å². The summed E-state index contributed by atoms with van der Waals surface area (Å²) >= 11 is 2.92. The molecule has 0 radical (unpaired) electrons. The minimum Gasteiger partial charge on any atom is -0.466 e. The molecule has 3 N–H and O–H groups in total. The predicted molar refractivity (Wildman–Crippen MR) is 71.1 cm³/mol. The fourth-order valence-electron chi connectivity index (χ4n) is 1.95. The fourth-order valence-corrected chi connectivity index (χ4v) is 2.27. The average molecular weight is 367 g/mol. The van der Waals surface area contributed by atoms with Gasteiger partial charge in [-0.25, -0.2) is 4.79 Å². The Morgan fingerprint density at radius 1 is 1.52 bits per heavy atom. The van der Waals surface area contributed by atoms with Gasteiger partial charge in [0.1, 0.15) is 12.2 Å². The standard InChI is InChI=1S/C11H12BrFN2O6/c1-2-20-8(13)7-5(16)6(17)10(21-7)15-3-4(12)9(18)14-11(15)19/h2-3,5-8,10,16-17H,1H2,(H,14,18,19)/t5-,6+,7-,8?,10+/m0/s1. The Balaban J connectivity index is 2.34. The van der Waals surface area contributed by atoms with Crippen molar-refractivity contribution < 1.29 is 24.1 Å². The van der Waals surface area contributed by atoms with Crippen LogP contribution in [0.1, 0.15) is 6.23 Å². The summed E-state index contributed by atoms with van der Waals surface area (Å²) in [4.78, 5) is 24.9. The summed E-state index contributed by atoms with van der Waals surface area (Å²) in [6.45, 7) is 3.17. The smallest absolute Gasteiger partial charge is 0.330 e. The number of aliphatic hydroxyl groups is 2. The van der Waals surface area contributed by atoms with Crippen LogP contribution in [0, 0.1) is 0 Å². The van der Waals surface area contributed by atoms with Gasteiger partial charge in [-0.1, -0.05) is 6.58 Å². The topological polar surface area (TPSA) is 114 Å². The zero-order chi connectivity index (χ0) is 15.7. The van der Waals surface area contributed by atoms with E-state index in [0.29, 0.717) is 0 Å². The van der Waals surface area contributed by atoms with E-state index in [9.17, 15) is 24.2 Å². The third kappa shape index (κ3) is 2.93. The first-order valence-electron chi connectivity index (χ1n) is 5.79. The number of aromatic nitrogens is 2. The Labute approximate surface area is 125 Å². The normalized spacial score (nSPS) is 30.1. The van der Waals surface area contributed by atoms with Crippen LogP contribution in [0.25, 0.3) is 0 Å². The minimum absolute atomic E-state index is 0.00924. The zero-order valence-corrected chi connectivity index (χ0v) is 12.1. The number of nitrogens with zero attached hydrogens (tertiary/aromatic N) is 1. The monoisotopic (exact) mass is 366 g/mol. The van der Waals surface area contributed by atoms with Gasteiger partial charge in [-0.2, -0.15) is 4.39 Å². The van der Waals surface area contributed by atoms with Gasteiger partial charge in [0.2, 0.25) is 0 Å². The SMILES string of the molecule is C=COC(F)[C@H]1O[C@@H](n2cc(Br)c(=O)[nH]c2=O)[C@H](O)[C@@H]1O. The number of aromatic amines is 1. The number of nitrogens with one attached hydrogen (secondary N) is 1. The molecule has 0 amide bonds. The molecule has 1 saturated heterocycles. The van der Waals surface area contributed by atoms with E-state index in [1.807, 2.05) is 4.98 Å². The van der Waals surface area contributed by atoms with E-state index in [1.54, 1.807) is 0 Å². The van der Waals surface area contributed by atoms with Gasteiger partial charge in [0, 0.05) is 6.20 Å². The lowest BCUT2D eigenvalue weighted by Gasteiger charge is -2.18. The van der Waals surface area contributed by atoms with Crippen LogP contribution in [0.2, 0.25) is 0 Å². The van der Waals surface area contributed by atoms with Crippen LogP contribution in [0.15, 0.2) is 33.1 Å². The van der Waals surface area contributed by atoms with Crippen LogP contribution < -0.4 is 11.2 Å². The number of aliphatic hydroxyl groups excluding tert-OH is 2. The van der Waals surface area contributed by atoms with Crippen molar-refractivity contribution in [1.29, 1.82) is 0 Å². The molecule has 1 aliphatic heterocycles. The molecule has 0 saturated carbocycles. The molecule has 116 valence electrons. The van der Waals surface area contributed by atoms with Gasteiger partial charge in [-0.3, -0.25) is 14.3 Å². The number of H-pyrrole nitrogens is 1. The number of hydrogen-bond acceptors (Lipinski definition) is 6. The second-order valence-corrected chi connectivity index (χ2v) is 5.12. The Bertz CT molecular complexity index is 646. The van der Waals surface area contributed by atoms with Crippen LogP contribution in [-0.2, 0) is 9.47 Å². The molecule has 1 fully saturated rings. The lowest BCUT2D eigenvalue weighted by Crippen LogP contribution is -2.39. The number of hydrogen-bond donors (Lipinski definition) is 3. The summed E-state index contributed by atoms with van der Waals surface area (Å²) in [6.07, 6.45) is -6.27. The highest BCUT2D eigenvalue weighted by molar-refractivity contribution is 9.10. The van der Waals surface area contributed by atoms with Gasteiger partial charge in [-0.15, -0.1) is 0 Å². The maximum absolute atomic E-state index is 13.6. The third-order valence-corrected chi connectivity index (χ3v) is 3.52. The van der Waals surface area contributed by atoms with Crippen LogP contribution in [0.4, 0.5) is 4.39 Å². The average Bonchev–Trinajstić information content (AvgIpc) is 2.71. The van der Waals surface area contributed by atoms with E-state index < -0.39 is 42.1 Å². The molecular formula is C11H12BrFN2O6. The van der Waals surface area contributed by atoms with E-state index in [4.69, 9.17) is 4.74 Å². The summed E-state index contributed by atoms with van der Waals surface area (Å²) in [7, 11) is 0. The Morgan fingerprint density at radius 2 is 2.19 bits per heavy atom. The first kappa shape index (κ1) is 15.9. The Hall–Kier alpha value is -1.49. The van der Waals surface area contributed by atoms with Gasteiger partial charge in [0.25, 0.3) is 11.9 Å². The van der Waals surface area contributed by atoms with Crippen LogP contribution in [0.5, 0.6) is 0 Å². The van der Waals surface area contributed by atoms with E-state index in [2.05, 4.69) is 27.2 Å². The summed E-state index contributed by atoms with van der Waals surface area (Å²) in [5, 5.41) is 19.7. The molecule has 0 spiro atoms. The quantitative estimate of drug-likeness (QED) is 0.611.